The van der Waals surface area contributed by atoms with E-state index in [1.807, 2.05) is 12.1 Å². The van der Waals surface area contributed by atoms with E-state index >= 15 is 0 Å². The SMILES string of the molecule is [B]=Cc1c(C2CCC(C(O)O)CC2)nc2c(-c3cc4cnccc4o3)cnn2c1N. The Morgan fingerprint density at radius 3 is 2.73 bits per heavy atom. The fourth-order valence-electron chi connectivity index (χ4n) is 4.41. The van der Waals surface area contributed by atoms with Crippen molar-refractivity contribution in [2.75, 3.05) is 5.73 Å². The summed E-state index contributed by atoms with van der Waals surface area (Å²) >= 11 is 0. The zero-order valence-corrected chi connectivity index (χ0v) is 16.3. The molecule has 4 heterocycles. The number of aliphatic hydroxyl groups is 2. The molecule has 0 atom stereocenters. The van der Waals surface area contributed by atoms with Gasteiger partial charge in [-0.25, -0.2) is 0 Å². The number of nitrogens with zero attached hydrogens (tertiary/aromatic N) is 4. The maximum absolute atomic E-state index is 9.48. The topological polar surface area (TPSA) is 123 Å². The van der Waals surface area contributed by atoms with Gasteiger partial charge in [0.05, 0.1) is 0 Å². The molecule has 4 aromatic heterocycles. The summed E-state index contributed by atoms with van der Waals surface area (Å²) in [5, 5.41) is 24.3. The number of furan rings is 1. The molecule has 0 unspecified atom stereocenters. The van der Waals surface area contributed by atoms with Gasteiger partial charge in [-0.15, -0.1) is 0 Å². The third kappa shape index (κ3) is 3.01. The van der Waals surface area contributed by atoms with Crippen molar-refractivity contribution < 1.29 is 14.6 Å². The molecule has 1 radical (unpaired) electrons. The number of nitrogens with two attached hydrogens (primary N) is 1. The standard InChI is InChI=1S/C21H21BN5O3/c22-8-14-18(11-1-3-12(4-2-11)21(28)29)26-20-15(10-25-27(20)19(14)23)17-7-13-9-24-6-5-16(13)30-17/h5-12,21,28-29H,1-4,23H2. The number of hydrogen-bond acceptors (Lipinski definition) is 7. The van der Waals surface area contributed by atoms with Crippen LogP contribution in [0.4, 0.5) is 5.82 Å². The van der Waals surface area contributed by atoms with Crippen molar-refractivity contribution in [1.29, 1.82) is 0 Å². The van der Waals surface area contributed by atoms with Gasteiger partial charge in [0.25, 0.3) is 0 Å². The molecule has 0 bridgehead atoms. The Morgan fingerprint density at radius 1 is 1.23 bits per heavy atom. The maximum atomic E-state index is 9.48. The van der Waals surface area contributed by atoms with Crippen LogP contribution in [0.25, 0.3) is 27.9 Å². The Bertz CT molecular complexity index is 1210. The zero-order valence-electron chi connectivity index (χ0n) is 16.3. The number of anilines is 1. The van der Waals surface area contributed by atoms with Crippen molar-refractivity contribution in [2.24, 2.45) is 5.92 Å². The Labute approximate surface area is 173 Å². The van der Waals surface area contributed by atoms with Crippen LogP contribution in [0.2, 0.25) is 0 Å². The molecule has 4 N–H and O–H groups in total. The number of aliphatic hydroxyl groups excluding tert-OH is 1. The van der Waals surface area contributed by atoms with E-state index in [4.69, 9.17) is 22.6 Å². The van der Waals surface area contributed by atoms with Crippen molar-refractivity contribution in [3.8, 4) is 11.3 Å². The monoisotopic (exact) mass is 402 g/mol. The molecule has 0 amide bonds. The molecule has 0 saturated heterocycles. The summed E-state index contributed by atoms with van der Waals surface area (Å²) in [7, 11) is 5.90. The Kier molecular flexibility index (Phi) is 4.64. The summed E-state index contributed by atoms with van der Waals surface area (Å²) in [6.07, 6.45) is 6.82. The van der Waals surface area contributed by atoms with Gasteiger partial charge < -0.3 is 0 Å². The van der Waals surface area contributed by atoms with Crippen LogP contribution in [-0.4, -0.2) is 49.5 Å². The molecule has 4 aromatic rings. The summed E-state index contributed by atoms with van der Waals surface area (Å²) in [6.45, 7) is 0. The second kappa shape index (κ2) is 7.34. The van der Waals surface area contributed by atoms with Gasteiger partial charge in [0, 0.05) is 0 Å². The van der Waals surface area contributed by atoms with Crippen LogP contribution in [0.1, 0.15) is 42.9 Å². The number of aromatic nitrogens is 4. The van der Waals surface area contributed by atoms with Crippen LogP contribution in [0.3, 0.4) is 0 Å². The average molecular weight is 402 g/mol. The number of hydrogen-bond donors (Lipinski definition) is 3. The van der Waals surface area contributed by atoms with Crippen molar-refractivity contribution in [1.82, 2.24) is 19.6 Å². The number of rotatable bonds is 4. The fraction of sp³-hybridized carbons (Fsp3) is 0.333. The quantitative estimate of drug-likeness (QED) is 0.353. The van der Waals surface area contributed by atoms with Gasteiger partial charge >= 0.3 is 173 Å². The minimum atomic E-state index is -1.28. The summed E-state index contributed by atoms with van der Waals surface area (Å²) in [5.74, 6) is 2.55. The molecule has 30 heavy (non-hydrogen) atoms. The molecule has 0 aliphatic heterocycles. The Hall–Kier alpha value is -3.04. The Balaban J connectivity index is 1.61. The van der Waals surface area contributed by atoms with Crippen molar-refractivity contribution in [3.05, 3.63) is 42.0 Å². The molecule has 8 nitrogen and oxygen atoms in total. The van der Waals surface area contributed by atoms with E-state index in [1.54, 1.807) is 23.1 Å². The summed E-state index contributed by atoms with van der Waals surface area (Å²) < 4.78 is 7.56. The molecule has 0 spiro atoms. The minimum absolute atomic E-state index is 0.109. The van der Waals surface area contributed by atoms with E-state index in [1.165, 1.54) is 5.97 Å². The van der Waals surface area contributed by atoms with Gasteiger partial charge in [-0.1, -0.05) is 0 Å². The summed E-state index contributed by atoms with van der Waals surface area (Å²) in [5.41, 5.74) is 9.96. The van der Waals surface area contributed by atoms with Crippen molar-refractivity contribution >= 4 is 35.9 Å². The molecular formula is C21H21BN5O3. The first-order chi connectivity index (χ1) is 14.6. The van der Waals surface area contributed by atoms with E-state index in [0.29, 0.717) is 35.6 Å². The number of fused-ring (bicyclic) bond motifs is 2. The number of pyridine rings is 1. The van der Waals surface area contributed by atoms with E-state index < -0.39 is 6.29 Å². The molecule has 9 heteroatoms. The first-order valence-corrected chi connectivity index (χ1v) is 9.99. The molecule has 151 valence electrons. The molecule has 5 rings (SSSR count). The Morgan fingerprint density at radius 2 is 2.03 bits per heavy atom. The van der Waals surface area contributed by atoms with Crippen LogP contribution in [0, 0.1) is 5.92 Å². The first kappa shape index (κ1) is 19.0. The van der Waals surface area contributed by atoms with Crippen LogP contribution in [-0.2, 0) is 0 Å². The molecule has 0 aromatic carbocycles. The van der Waals surface area contributed by atoms with E-state index in [0.717, 1.165) is 35.1 Å². The summed E-state index contributed by atoms with van der Waals surface area (Å²) in [4.78, 5) is 9.05. The molecule has 1 aliphatic carbocycles. The predicted molar refractivity (Wildman–Crippen MR) is 114 cm³/mol. The predicted octanol–water partition coefficient (Wildman–Crippen LogP) is 2.02. The van der Waals surface area contributed by atoms with Gasteiger partial charge in [0.15, 0.2) is 0 Å². The summed E-state index contributed by atoms with van der Waals surface area (Å²) in [6, 6.07) is 3.72. The van der Waals surface area contributed by atoms with Crippen LogP contribution >= 0.6 is 0 Å². The van der Waals surface area contributed by atoms with E-state index in [9.17, 15) is 10.2 Å². The molecule has 1 aliphatic rings. The number of nitrogen functional groups attached to an aromatic ring is 1. The first-order valence-electron chi connectivity index (χ1n) is 9.99. The van der Waals surface area contributed by atoms with Gasteiger partial charge in [-0.2, -0.15) is 0 Å². The molecule has 1 fully saturated rings. The van der Waals surface area contributed by atoms with Crippen LogP contribution in [0.5, 0.6) is 0 Å². The van der Waals surface area contributed by atoms with Gasteiger partial charge in [0.1, 0.15) is 0 Å². The van der Waals surface area contributed by atoms with Gasteiger partial charge in [0.2, 0.25) is 0 Å². The van der Waals surface area contributed by atoms with Crippen LogP contribution in [0.15, 0.2) is 35.1 Å². The van der Waals surface area contributed by atoms with Gasteiger partial charge in [-0.3, -0.25) is 0 Å². The van der Waals surface area contributed by atoms with Crippen molar-refractivity contribution in [2.45, 2.75) is 37.9 Å². The molecular weight excluding hydrogens is 381 g/mol. The third-order valence-corrected chi connectivity index (χ3v) is 6.08. The normalized spacial score (nSPS) is 19.7. The third-order valence-electron chi connectivity index (χ3n) is 6.08. The average Bonchev–Trinajstić information content (AvgIpc) is 3.37. The second-order valence-electron chi connectivity index (χ2n) is 7.81. The molecule has 1 saturated carbocycles. The fourth-order valence-corrected chi connectivity index (χ4v) is 4.41. The second-order valence-corrected chi connectivity index (χ2v) is 7.81. The van der Waals surface area contributed by atoms with Crippen LogP contribution < -0.4 is 5.73 Å². The van der Waals surface area contributed by atoms with E-state index in [-0.39, 0.29) is 11.8 Å². The van der Waals surface area contributed by atoms with Crippen molar-refractivity contribution in [3.63, 3.8) is 0 Å². The van der Waals surface area contributed by atoms with Gasteiger partial charge in [-0.05, 0) is 0 Å². The zero-order chi connectivity index (χ0) is 20.8. The van der Waals surface area contributed by atoms with E-state index in [2.05, 4.69) is 10.1 Å².